The fourth-order valence-corrected chi connectivity index (χ4v) is 2.58. The Balaban J connectivity index is 2.36. The van der Waals surface area contributed by atoms with E-state index in [2.05, 4.69) is 21.5 Å². The summed E-state index contributed by atoms with van der Waals surface area (Å²) in [6.07, 6.45) is 6.65. The Bertz CT molecular complexity index is 853. The highest BCUT2D eigenvalue weighted by Gasteiger charge is 2.10. The summed E-state index contributed by atoms with van der Waals surface area (Å²) in [6, 6.07) is 3.71. The molecular weight excluding hydrogens is 322 g/mol. The fourth-order valence-electron chi connectivity index (χ4n) is 2.43. The predicted octanol–water partition coefficient (Wildman–Crippen LogP) is 5.03. The Morgan fingerprint density at radius 3 is 2.75 bits per heavy atom. The number of carbonyl (C=O) groups excluding carboxylic acids is 1. The van der Waals surface area contributed by atoms with Gasteiger partial charge in [0, 0.05) is 47.1 Å². The fraction of sp³-hybridized carbons (Fsp3) is 0.263. The normalized spacial score (nSPS) is 12.5. The molecule has 2 heterocycles. The smallest absolute Gasteiger partial charge is 0.180 e. The van der Waals surface area contributed by atoms with E-state index < -0.39 is 0 Å². The van der Waals surface area contributed by atoms with Gasteiger partial charge in [-0.3, -0.25) is 14.8 Å². The SMILES string of the molecule is C=C(N=C(C)/C(=C\C)c1cnc2cc(Cl)ncc2c1)C(=O)CCC. The Morgan fingerprint density at radius 2 is 2.08 bits per heavy atom. The van der Waals surface area contributed by atoms with Crippen LogP contribution in [0.15, 0.2) is 47.9 Å². The quantitative estimate of drug-likeness (QED) is 0.420. The summed E-state index contributed by atoms with van der Waals surface area (Å²) in [5, 5.41) is 1.31. The summed E-state index contributed by atoms with van der Waals surface area (Å²) in [6.45, 7) is 9.53. The third-order valence-corrected chi connectivity index (χ3v) is 3.83. The predicted molar refractivity (Wildman–Crippen MR) is 100 cm³/mol. The zero-order valence-electron chi connectivity index (χ0n) is 14.1. The largest absolute Gasteiger partial charge is 0.292 e. The highest BCUT2D eigenvalue weighted by molar-refractivity contribution is 6.30. The average molecular weight is 342 g/mol. The molecule has 0 fully saturated rings. The molecule has 24 heavy (non-hydrogen) atoms. The zero-order valence-corrected chi connectivity index (χ0v) is 14.9. The maximum atomic E-state index is 11.9. The van der Waals surface area contributed by atoms with E-state index in [0.717, 1.165) is 34.2 Å². The summed E-state index contributed by atoms with van der Waals surface area (Å²) in [4.78, 5) is 24.8. The molecule has 0 spiro atoms. The first-order valence-corrected chi connectivity index (χ1v) is 8.19. The van der Waals surface area contributed by atoms with Gasteiger partial charge in [0.25, 0.3) is 0 Å². The molecule has 2 aromatic heterocycles. The number of aliphatic imine (C=N–C) groups is 1. The van der Waals surface area contributed by atoms with Crippen LogP contribution in [0.4, 0.5) is 0 Å². The molecule has 0 aromatic carbocycles. The lowest BCUT2D eigenvalue weighted by atomic mass is 10.0. The van der Waals surface area contributed by atoms with Crippen LogP contribution in [0.25, 0.3) is 16.5 Å². The first kappa shape index (κ1) is 18.0. The number of allylic oxidation sites excluding steroid dienone is 3. The average Bonchev–Trinajstić information content (AvgIpc) is 2.55. The minimum atomic E-state index is -0.0252. The van der Waals surface area contributed by atoms with Gasteiger partial charge < -0.3 is 0 Å². The van der Waals surface area contributed by atoms with Crippen molar-refractivity contribution in [1.82, 2.24) is 9.97 Å². The molecule has 0 aliphatic rings. The molecule has 0 saturated carbocycles. The van der Waals surface area contributed by atoms with Gasteiger partial charge in [-0.1, -0.05) is 31.2 Å². The molecule has 0 N–H and O–H groups in total. The lowest BCUT2D eigenvalue weighted by Gasteiger charge is -2.09. The number of rotatable bonds is 6. The van der Waals surface area contributed by atoms with Crippen molar-refractivity contribution in [2.75, 3.05) is 0 Å². The number of hydrogen-bond acceptors (Lipinski definition) is 4. The number of aromatic nitrogens is 2. The van der Waals surface area contributed by atoms with Crippen LogP contribution in [0.3, 0.4) is 0 Å². The highest BCUT2D eigenvalue weighted by atomic mass is 35.5. The van der Waals surface area contributed by atoms with Gasteiger partial charge in [-0.05, 0) is 26.3 Å². The molecule has 0 bridgehead atoms. The summed E-state index contributed by atoms with van der Waals surface area (Å²) >= 11 is 5.89. The standard InChI is InChI=1S/C19H20ClN3O/c1-5-7-18(24)13(4)23-12(3)16(6-2)14-8-15-11-22-19(20)9-17(15)21-10-14/h6,8-11H,4-5,7H2,1-3H3/b16-6+,23-12?. The van der Waals surface area contributed by atoms with E-state index in [1.54, 1.807) is 18.5 Å². The van der Waals surface area contributed by atoms with Gasteiger partial charge in [0.15, 0.2) is 5.78 Å². The molecule has 2 aromatic rings. The van der Waals surface area contributed by atoms with Crippen molar-refractivity contribution in [2.24, 2.45) is 4.99 Å². The summed E-state index contributed by atoms with van der Waals surface area (Å²) < 4.78 is 0. The number of nitrogens with zero attached hydrogens (tertiary/aromatic N) is 3. The molecule has 2 rings (SSSR count). The van der Waals surface area contributed by atoms with Gasteiger partial charge in [-0.15, -0.1) is 0 Å². The Hall–Kier alpha value is -2.33. The number of ketones is 1. The monoisotopic (exact) mass is 341 g/mol. The Labute approximate surface area is 147 Å². The van der Waals surface area contributed by atoms with Gasteiger partial charge in [-0.2, -0.15) is 0 Å². The van der Waals surface area contributed by atoms with Crippen molar-refractivity contribution in [3.63, 3.8) is 0 Å². The summed E-state index contributed by atoms with van der Waals surface area (Å²) in [5.41, 5.74) is 3.62. The minimum absolute atomic E-state index is 0.0252. The van der Waals surface area contributed by atoms with E-state index in [0.29, 0.717) is 11.6 Å². The Kier molecular flexibility index (Phi) is 5.99. The molecule has 124 valence electrons. The molecule has 0 unspecified atom stereocenters. The van der Waals surface area contributed by atoms with Crippen LogP contribution in [0.2, 0.25) is 5.15 Å². The summed E-state index contributed by atoms with van der Waals surface area (Å²) in [5.74, 6) is -0.0252. The molecule has 0 saturated heterocycles. The van der Waals surface area contributed by atoms with Gasteiger partial charge in [0.2, 0.25) is 0 Å². The lowest BCUT2D eigenvalue weighted by Crippen LogP contribution is -2.04. The second kappa shape index (κ2) is 7.97. The van der Waals surface area contributed by atoms with Gasteiger partial charge in [0.05, 0.1) is 11.2 Å². The van der Waals surface area contributed by atoms with E-state index in [9.17, 15) is 4.79 Å². The second-order valence-electron chi connectivity index (χ2n) is 5.44. The maximum absolute atomic E-state index is 11.9. The first-order chi connectivity index (χ1) is 11.5. The second-order valence-corrected chi connectivity index (χ2v) is 5.83. The molecule has 0 aliphatic heterocycles. The Morgan fingerprint density at radius 1 is 1.33 bits per heavy atom. The van der Waals surface area contributed by atoms with Crippen LogP contribution in [-0.2, 0) is 4.79 Å². The van der Waals surface area contributed by atoms with Crippen LogP contribution in [-0.4, -0.2) is 21.5 Å². The number of carbonyl (C=O) groups is 1. The zero-order chi connectivity index (χ0) is 17.7. The number of pyridine rings is 2. The van der Waals surface area contributed by atoms with Crippen molar-refractivity contribution >= 4 is 39.6 Å². The van der Waals surface area contributed by atoms with Crippen LogP contribution >= 0.6 is 11.6 Å². The maximum Gasteiger partial charge on any atom is 0.180 e. The third-order valence-electron chi connectivity index (χ3n) is 3.62. The molecule has 0 aliphatic carbocycles. The lowest BCUT2D eigenvalue weighted by molar-refractivity contribution is -0.115. The summed E-state index contributed by atoms with van der Waals surface area (Å²) in [7, 11) is 0. The molecule has 5 heteroatoms. The molecular formula is C19H20ClN3O. The molecule has 0 atom stereocenters. The van der Waals surface area contributed by atoms with E-state index in [4.69, 9.17) is 11.6 Å². The topological polar surface area (TPSA) is 55.2 Å². The molecule has 0 radical (unpaired) electrons. The van der Waals surface area contributed by atoms with Gasteiger partial charge in [0.1, 0.15) is 5.15 Å². The number of hydrogen-bond donors (Lipinski definition) is 0. The van der Waals surface area contributed by atoms with Crippen LogP contribution < -0.4 is 0 Å². The number of fused-ring (bicyclic) bond motifs is 1. The molecule has 4 nitrogen and oxygen atoms in total. The van der Waals surface area contributed by atoms with Crippen molar-refractivity contribution in [3.8, 4) is 0 Å². The number of Topliss-reactive ketones (excluding diaryl/α,β-unsaturated/α-hetero) is 1. The van der Waals surface area contributed by atoms with Crippen molar-refractivity contribution in [1.29, 1.82) is 0 Å². The highest BCUT2D eigenvalue weighted by Crippen LogP contribution is 2.22. The van der Waals surface area contributed by atoms with Crippen LogP contribution in [0, 0.1) is 0 Å². The van der Waals surface area contributed by atoms with Crippen LogP contribution in [0.1, 0.15) is 39.2 Å². The van der Waals surface area contributed by atoms with E-state index in [-0.39, 0.29) is 11.5 Å². The van der Waals surface area contributed by atoms with Crippen LogP contribution in [0.5, 0.6) is 0 Å². The van der Waals surface area contributed by atoms with Gasteiger partial charge >= 0.3 is 0 Å². The third kappa shape index (κ3) is 4.15. The van der Waals surface area contributed by atoms with E-state index >= 15 is 0 Å². The molecule has 0 amide bonds. The minimum Gasteiger partial charge on any atom is -0.292 e. The van der Waals surface area contributed by atoms with E-state index in [1.165, 1.54) is 0 Å². The van der Waals surface area contributed by atoms with E-state index in [1.807, 2.05) is 32.9 Å². The van der Waals surface area contributed by atoms with Crippen molar-refractivity contribution in [2.45, 2.75) is 33.6 Å². The van der Waals surface area contributed by atoms with Gasteiger partial charge in [-0.25, -0.2) is 4.98 Å². The van der Waals surface area contributed by atoms with Crippen molar-refractivity contribution < 1.29 is 4.79 Å². The van der Waals surface area contributed by atoms with Crippen molar-refractivity contribution in [3.05, 3.63) is 53.6 Å². The first-order valence-electron chi connectivity index (χ1n) is 7.82. The number of halogens is 1.